The lowest BCUT2D eigenvalue weighted by molar-refractivity contribution is 0.947. The van der Waals surface area contributed by atoms with Crippen molar-refractivity contribution in [3.8, 4) is 22.5 Å². The average molecular weight is 291 g/mol. The number of rotatable bonds is 4. The summed E-state index contributed by atoms with van der Waals surface area (Å²) >= 11 is 0. The summed E-state index contributed by atoms with van der Waals surface area (Å²) < 4.78 is 0. The quantitative estimate of drug-likeness (QED) is 0.774. The zero-order valence-electron chi connectivity index (χ0n) is 12.2. The number of H-pyrrole nitrogens is 1. The van der Waals surface area contributed by atoms with Gasteiger partial charge in [0, 0.05) is 30.1 Å². The maximum atomic E-state index is 5.69. The van der Waals surface area contributed by atoms with Crippen molar-refractivity contribution in [1.29, 1.82) is 0 Å². The maximum Gasteiger partial charge on any atom is 0.0737 e. The molecule has 0 radical (unpaired) electrons. The van der Waals surface area contributed by atoms with E-state index in [2.05, 4.69) is 32.3 Å². The van der Waals surface area contributed by atoms with Crippen LogP contribution in [0.1, 0.15) is 30.0 Å². The molecule has 1 saturated carbocycles. The molecule has 0 atom stereocenters. The smallest absolute Gasteiger partial charge is 0.0737 e. The van der Waals surface area contributed by atoms with Gasteiger partial charge in [-0.05, 0) is 42.5 Å². The highest BCUT2D eigenvalue weighted by Crippen LogP contribution is 2.39. The molecule has 0 aliphatic heterocycles. The van der Waals surface area contributed by atoms with Gasteiger partial charge in [-0.25, -0.2) is 0 Å². The van der Waals surface area contributed by atoms with Gasteiger partial charge in [0.25, 0.3) is 0 Å². The molecule has 1 aliphatic rings. The Bertz CT molecular complexity index is 770. The number of pyridine rings is 2. The van der Waals surface area contributed by atoms with Crippen LogP contribution in [0.15, 0.2) is 42.9 Å². The minimum Gasteiger partial charge on any atom is -0.325 e. The lowest BCUT2D eigenvalue weighted by Crippen LogP contribution is -1.99. The normalized spacial score (nSPS) is 14.2. The second-order valence-electron chi connectivity index (χ2n) is 5.65. The molecule has 0 spiro atoms. The minimum atomic E-state index is 0.420. The molecule has 0 amide bonds. The molecule has 0 bridgehead atoms. The van der Waals surface area contributed by atoms with E-state index < -0.39 is 0 Å². The van der Waals surface area contributed by atoms with Crippen molar-refractivity contribution < 1.29 is 0 Å². The predicted octanol–water partition coefficient (Wildman–Crippen LogP) is 2.87. The summed E-state index contributed by atoms with van der Waals surface area (Å²) in [7, 11) is 0. The molecule has 0 saturated heterocycles. The molecular weight excluding hydrogens is 274 g/mol. The predicted molar refractivity (Wildman–Crippen MR) is 84.9 cm³/mol. The SMILES string of the molecule is NCc1[nH]ncc1-c1ccc(-c2ccc(C3CC3)cn2)cn1. The van der Waals surface area contributed by atoms with Crippen LogP contribution >= 0.6 is 0 Å². The first-order valence-corrected chi connectivity index (χ1v) is 7.50. The van der Waals surface area contributed by atoms with Gasteiger partial charge in [-0.2, -0.15) is 5.10 Å². The van der Waals surface area contributed by atoms with Crippen LogP contribution < -0.4 is 5.73 Å². The first-order valence-electron chi connectivity index (χ1n) is 7.50. The number of hydrogen-bond donors (Lipinski definition) is 2. The van der Waals surface area contributed by atoms with Crippen molar-refractivity contribution in [3.63, 3.8) is 0 Å². The Labute approximate surface area is 128 Å². The molecular formula is C17H17N5. The zero-order chi connectivity index (χ0) is 14.9. The van der Waals surface area contributed by atoms with Gasteiger partial charge in [-0.1, -0.05) is 6.07 Å². The van der Waals surface area contributed by atoms with E-state index in [1.54, 1.807) is 6.20 Å². The summed E-state index contributed by atoms with van der Waals surface area (Å²) in [6, 6.07) is 8.27. The third-order valence-electron chi connectivity index (χ3n) is 4.09. The van der Waals surface area contributed by atoms with Crippen LogP contribution in [0.25, 0.3) is 22.5 Å². The van der Waals surface area contributed by atoms with Gasteiger partial charge >= 0.3 is 0 Å². The monoisotopic (exact) mass is 291 g/mol. The van der Waals surface area contributed by atoms with Gasteiger partial charge in [0.1, 0.15) is 0 Å². The van der Waals surface area contributed by atoms with Gasteiger partial charge in [-0.15, -0.1) is 0 Å². The lowest BCUT2D eigenvalue weighted by Gasteiger charge is -2.04. The molecule has 5 nitrogen and oxygen atoms in total. The molecule has 4 rings (SSSR count). The van der Waals surface area contributed by atoms with E-state index in [0.29, 0.717) is 6.54 Å². The molecule has 3 aromatic rings. The lowest BCUT2D eigenvalue weighted by atomic mass is 10.1. The first-order chi connectivity index (χ1) is 10.8. The number of aromatic amines is 1. The maximum absolute atomic E-state index is 5.69. The van der Waals surface area contributed by atoms with E-state index in [1.165, 1.54) is 18.4 Å². The van der Waals surface area contributed by atoms with Crippen LogP contribution in [0, 0.1) is 0 Å². The minimum absolute atomic E-state index is 0.420. The van der Waals surface area contributed by atoms with Crippen molar-refractivity contribution in [2.75, 3.05) is 0 Å². The van der Waals surface area contributed by atoms with E-state index in [9.17, 15) is 0 Å². The summed E-state index contributed by atoms with van der Waals surface area (Å²) in [5.74, 6) is 0.734. The van der Waals surface area contributed by atoms with Crippen LogP contribution in [0.4, 0.5) is 0 Å². The number of nitrogens with zero attached hydrogens (tertiary/aromatic N) is 3. The number of nitrogens with one attached hydrogen (secondary N) is 1. The van der Waals surface area contributed by atoms with Crippen LogP contribution in [-0.4, -0.2) is 20.2 Å². The van der Waals surface area contributed by atoms with Gasteiger partial charge in [-0.3, -0.25) is 15.1 Å². The summed E-state index contributed by atoms with van der Waals surface area (Å²) in [5.41, 5.74) is 11.7. The summed E-state index contributed by atoms with van der Waals surface area (Å²) in [5, 5.41) is 6.92. The van der Waals surface area contributed by atoms with Crippen LogP contribution in [0.2, 0.25) is 0 Å². The number of aromatic nitrogens is 4. The van der Waals surface area contributed by atoms with E-state index in [-0.39, 0.29) is 0 Å². The molecule has 1 aliphatic carbocycles. The van der Waals surface area contributed by atoms with Gasteiger partial charge < -0.3 is 5.73 Å². The van der Waals surface area contributed by atoms with Crippen molar-refractivity contribution in [2.24, 2.45) is 5.73 Å². The highest BCUT2D eigenvalue weighted by molar-refractivity contribution is 5.65. The fourth-order valence-electron chi connectivity index (χ4n) is 2.63. The van der Waals surface area contributed by atoms with Crippen LogP contribution in [0.5, 0.6) is 0 Å². The van der Waals surface area contributed by atoms with Crippen molar-refractivity contribution in [1.82, 2.24) is 20.2 Å². The fourth-order valence-corrected chi connectivity index (χ4v) is 2.63. The molecule has 22 heavy (non-hydrogen) atoms. The molecule has 3 aromatic heterocycles. The molecule has 5 heteroatoms. The topological polar surface area (TPSA) is 80.5 Å². The molecule has 110 valence electrons. The Kier molecular flexibility index (Phi) is 3.20. The van der Waals surface area contributed by atoms with Crippen LogP contribution in [0.3, 0.4) is 0 Å². The highest BCUT2D eigenvalue weighted by atomic mass is 15.1. The van der Waals surface area contributed by atoms with Gasteiger partial charge in [0.15, 0.2) is 0 Å². The summed E-state index contributed by atoms with van der Waals surface area (Å²) in [4.78, 5) is 9.08. The number of hydrogen-bond acceptors (Lipinski definition) is 4. The third kappa shape index (κ3) is 2.40. The third-order valence-corrected chi connectivity index (χ3v) is 4.09. The van der Waals surface area contributed by atoms with E-state index >= 15 is 0 Å². The second-order valence-corrected chi connectivity index (χ2v) is 5.65. The second kappa shape index (κ2) is 5.35. The number of nitrogens with two attached hydrogens (primary N) is 1. The molecule has 3 heterocycles. The van der Waals surface area contributed by atoms with E-state index in [4.69, 9.17) is 5.73 Å². The van der Waals surface area contributed by atoms with Gasteiger partial charge in [0.05, 0.1) is 23.3 Å². The van der Waals surface area contributed by atoms with E-state index in [0.717, 1.165) is 34.1 Å². The first kappa shape index (κ1) is 13.2. The van der Waals surface area contributed by atoms with Crippen molar-refractivity contribution in [3.05, 3.63) is 54.1 Å². The van der Waals surface area contributed by atoms with E-state index in [1.807, 2.05) is 24.5 Å². The van der Waals surface area contributed by atoms with Crippen molar-refractivity contribution in [2.45, 2.75) is 25.3 Å². The summed E-state index contributed by atoms with van der Waals surface area (Å²) in [6.07, 6.45) is 8.19. The standard InChI is InChI=1S/C17H17N5/c18-7-17-14(10-21-22-17)16-6-4-13(9-20-16)15-5-3-12(8-19-15)11-1-2-11/h3-6,8-11H,1-2,7,18H2,(H,21,22). The molecule has 3 N–H and O–H groups in total. The fraction of sp³-hybridized carbons (Fsp3) is 0.235. The Balaban J connectivity index is 1.61. The van der Waals surface area contributed by atoms with Crippen molar-refractivity contribution >= 4 is 0 Å². The molecule has 0 unspecified atom stereocenters. The Morgan fingerprint density at radius 3 is 2.45 bits per heavy atom. The molecule has 0 aromatic carbocycles. The summed E-state index contributed by atoms with van der Waals surface area (Å²) in [6.45, 7) is 0.420. The average Bonchev–Trinajstić information content (AvgIpc) is 3.32. The highest BCUT2D eigenvalue weighted by Gasteiger charge is 2.23. The zero-order valence-corrected chi connectivity index (χ0v) is 12.2. The van der Waals surface area contributed by atoms with Gasteiger partial charge in [0.2, 0.25) is 0 Å². The Morgan fingerprint density at radius 2 is 1.82 bits per heavy atom. The largest absolute Gasteiger partial charge is 0.325 e. The van der Waals surface area contributed by atoms with Crippen LogP contribution in [-0.2, 0) is 6.54 Å². The Morgan fingerprint density at radius 1 is 1.00 bits per heavy atom. The Hall–Kier alpha value is -2.53. The molecule has 1 fully saturated rings.